The highest BCUT2D eigenvalue weighted by Crippen LogP contribution is 2.17. The Kier molecular flexibility index (Phi) is 4.12. The van der Waals surface area contributed by atoms with E-state index >= 15 is 0 Å². The quantitative estimate of drug-likeness (QED) is 0.830. The number of carbonyl (C=O) groups is 1. The maximum absolute atomic E-state index is 13.4. The van der Waals surface area contributed by atoms with Gasteiger partial charge in [-0.2, -0.15) is 0 Å². The molecule has 1 rings (SSSR count). The van der Waals surface area contributed by atoms with Crippen LogP contribution in [0.4, 0.5) is 4.39 Å². The van der Waals surface area contributed by atoms with Crippen LogP contribution in [-0.2, 0) is 0 Å². The molecule has 0 bridgehead atoms. The third-order valence-electron chi connectivity index (χ3n) is 2.39. The highest BCUT2D eigenvalue weighted by atomic mass is 35.5. The van der Waals surface area contributed by atoms with E-state index in [9.17, 15) is 9.18 Å². The fraction of sp³-hybridized carbons (Fsp3) is 0.364. The molecule has 0 heterocycles. The number of amides is 1. The van der Waals surface area contributed by atoms with E-state index < -0.39 is 11.7 Å². The van der Waals surface area contributed by atoms with E-state index in [1.54, 1.807) is 14.0 Å². The number of nitrogens with zero attached hydrogens (tertiary/aromatic N) is 1. The van der Waals surface area contributed by atoms with Crippen molar-refractivity contribution in [2.45, 2.75) is 13.0 Å². The van der Waals surface area contributed by atoms with Gasteiger partial charge in [0.1, 0.15) is 11.6 Å². The van der Waals surface area contributed by atoms with Gasteiger partial charge in [-0.3, -0.25) is 4.79 Å². The molecule has 88 valence electrons. The number of hydrogen-bond donors (Lipinski definition) is 1. The minimum absolute atomic E-state index is 0.0720. The summed E-state index contributed by atoms with van der Waals surface area (Å²) in [6, 6.07) is 3.26. The summed E-state index contributed by atoms with van der Waals surface area (Å²) in [5.74, 6) is -1.12. The van der Waals surface area contributed by atoms with Gasteiger partial charge in [0.15, 0.2) is 0 Å². The zero-order chi connectivity index (χ0) is 12.3. The zero-order valence-corrected chi connectivity index (χ0v) is 9.83. The maximum Gasteiger partial charge on any atom is 0.256 e. The average Bonchev–Trinajstić information content (AvgIpc) is 2.26. The second-order valence-corrected chi connectivity index (χ2v) is 3.89. The van der Waals surface area contributed by atoms with E-state index in [0.717, 1.165) is 6.07 Å². The monoisotopic (exact) mass is 245 g/mol. The minimum Gasteiger partial charge on any atom is -0.508 e. The first-order valence-electron chi connectivity index (χ1n) is 4.79. The van der Waals surface area contributed by atoms with Gasteiger partial charge in [0.05, 0.1) is 5.56 Å². The van der Waals surface area contributed by atoms with Gasteiger partial charge >= 0.3 is 0 Å². The summed E-state index contributed by atoms with van der Waals surface area (Å²) in [7, 11) is 1.56. The number of halogens is 2. The molecule has 1 amide bonds. The molecule has 0 aliphatic rings. The maximum atomic E-state index is 13.4. The average molecular weight is 246 g/mol. The summed E-state index contributed by atoms with van der Waals surface area (Å²) in [4.78, 5) is 13.2. The van der Waals surface area contributed by atoms with Crippen LogP contribution in [0.2, 0.25) is 0 Å². The lowest BCUT2D eigenvalue weighted by molar-refractivity contribution is 0.0752. The molecule has 0 fully saturated rings. The molecule has 1 aromatic rings. The van der Waals surface area contributed by atoms with Crippen LogP contribution in [0.5, 0.6) is 5.75 Å². The van der Waals surface area contributed by atoms with E-state index in [0.29, 0.717) is 0 Å². The van der Waals surface area contributed by atoms with E-state index in [4.69, 9.17) is 16.7 Å². The Morgan fingerprint density at radius 3 is 2.75 bits per heavy atom. The lowest BCUT2D eigenvalue weighted by Crippen LogP contribution is -2.36. The van der Waals surface area contributed by atoms with Crippen LogP contribution in [0.3, 0.4) is 0 Å². The van der Waals surface area contributed by atoms with Gasteiger partial charge in [0, 0.05) is 25.0 Å². The van der Waals surface area contributed by atoms with Crippen LogP contribution in [0.1, 0.15) is 17.3 Å². The van der Waals surface area contributed by atoms with Crippen molar-refractivity contribution >= 4 is 17.5 Å². The Bertz CT molecular complexity index is 398. The normalized spacial score (nSPS) is 12.2. The van der Waals surface area contributed by atoms with Crippen LogP contribution in [0.25, 0.3) is 0 Å². The summed E-state index contributed by atoms with van der Waals surface area (Å²) in [6.07, 6.45) is 0. The summed E-state index contributed by atoms with van der Waals surface area (Å²) in [5, 5.41) is 9.03. The van der Waals surface area contributed by atoms with Gasteiger partial charge in [-0.1, -0.05) is 0 Å². The zero-order valence-electron chi connectivity index (χ0n) is 9.08. The van der Waals surface area contributed by atoms with E-state index in [-0.39, 0.29) is 23.2 Å². The molecule has 0 saturated carbocycles. The van der Waals surface area contributed by atoms with Crippen molar-refractivity contribution in [3.8, 4) is 5.75 Å². The molecule has 0 saturated heterocycles. The molecule has 3 nitrogen and oxygen atoms in total. The Morgan fingerprint density at radius 1 is 1.62 bits per heavy atom. The fourth-order valence-corrected chi connectivity index (χ4v) is 1.38. The highest BCUT2D eigenvalue weighted by Gasteiger charge is 2.19. The molecule has 1 N–H and O–H groups in total. The van der Waals surface area contributed by atoms with Gasteiger partial charge < -0.3 is 10.0 Å². The molecule has 5 heteroatoms. The molecule has 1 aromatic carbocycles. The second kappa shape index (κ2) is 5.16. The van der Waals surface area contributed by atoms with Gasteiger partial charge in [-0.15, -0.1) is 11.6 Å². The summed E-state index contributed by atoms with van der Waals surface area (Å²) >= 11 is 5.62. The summed E-state index contributed by atoms with van der Waals surface area (Å²) < 4.78 is 13.4. The largest absolute Gasteiger partial charge is 0.508 e. The Balaban J connectivity index is 2.96. The number of phenols is 1. The first-order valence-corrected chi connectivity index (χ1v) is 5.32. The van der Waals surface area contributed by atoms with Gasteiger partial charge in [0.2, 0.25) is 0 Å². The number of aromatic hydroxyl groups is 1. The molecular formula is C11H13ClFNO2. The Morgan fingerprint density at radius 2 is 2.25 bits per heavy atom. The van der Waals surface area contributed by atoms with Gasteiger partial charge in [-0.05, 0) is 19.1 Å². The predicted octanol–water partition coefficient (Wildman–Crippen LogP) is 2.23. The van der Waals surface area contributed by atoms with Crippen molar-refractivity contribution < 1.29 is 14.3 Å². The molecule has 0 aliphatic carbocycles. The van der Waals surface area contributed by atoms with Gasteiger partial charge in [0.25, 0.3) is 5.91 Å². The molecule has 1 unspecified atom stereocenters. The standard InChI is InChI=1S/C11H13ClFNO2/c1-7(6-12)14(2)11(16)9-4-3-8(15)5-10(9)13/h3-5,7,15H,6H2,1-2H3. The smallest absolute Gasteiger partial charge is 0.256 e. The van der Waals surface area contributed by atoms with E-state index in [1.165, 1.54) is 17.0 Å². The summed E-state index contributed by atoms with van der Waals surface area (Å²) in [6.45, 7) is 1.77. The number of benzene rings is 1. The molecular weight excluding hydrogens is 233 g/mol. The topological polar surface area (TPSA) is 40.5 Å². The first-order chi connectivity index (χ1) is 7.47. The minimum atomic E-state index is -0.737. The second-order valence-electron chi connectivity index (χ2n) is 3.58. The summed E-state index contributed by atoms with van der Waals surface area (Å²) in [5.41, 5.74) is -0.0720. The molecule has 0 spiro atoms. The third-order valence-corrected chi connectivity index (χ3v) is 2.83. The van der Waals surface area contributed by atoms with Crippen molar-refractivity contribution in [3.05, 3.63) is 29.6 Å². The molecule has 1 atom stereocenters. The van der Waals surface area contributed by atoms with Crippen LogP contribution < -0.4 is 0 Å². The first kappa shape index (κ1) is 12.8. The molecule has 0 aliphatic heterocycles. The molecule has 0 radical (unpaired) electrons. The Labute approximate surface area is 98.4 Å². The fourth-order valence-electron chi connectivity index (χ4n) is 1.17. The lowest BCUT2D eigenvalue weighted by atomic mass is 10.1. The number of alkyl halides is 1. The van der Waals surface area contributed by atoms with Gasteiger partial charge in [-0.25, -0.2) is 4.39 Å². The lowest BCUT2D eigenvalue weighted by Gasteiger charge is -2.23. The van der Waals surface area contributed by atoms with Crippen molar-refractivity contribution in [1.82, 2.24) is 4.90 Å². The number of phenolic OH excluding ortho intramolecular Hbond substituents is 1. The van der Waals surface area contributed by atoms with Crippen LogP contribution in [0.15, 0.2) is 18.2 Å². The highest BCUT2D eigenvalue weighted by molar-refractivity contribution is 6.18. The molecule has 0 aromatic heterocycles. The number of carbonyl (C=O) groups excluding carboxylic acids is 1. The van der Waals surface area contributed by atoms with E-state index in [1.807, 2.05) is 0 Å². The van der Waals surface area contributed by atoms with Crippen LogP contribution in [0, 0.1) is 5.82 Å². The number of hydrogen-bond acceptors (Lipinski definition) is 2. The molecule has 16 heavy (non-hydrogen) atoms. The SMILES string of the molecule is CC(CCl)N(C)C(=O)c1ccc(O)cc1F. The number of rotatable bonds is 3. The predicted molar refractivity (Wildman–Crippen MR) is 60.3 cm³/mol. The third kappa shape index (κ3) is 2.64. The van der Waals surface area contributed by atoms with Crippen molar-refractivity contribution in [1.29, 1.82) is 0 Å². The van der Waals surface area contributed by atoms with Crippen LogP contribution >= 0.6 is 11.6 Å². The van der Waals surface area contributed by atoms with E-state index in [2.05, 4.69) is 0 Å². The van der Waals surface area contributed by atoms with Crippen LogP contribution in [-0.4, -0.2) is 34.9 Å². The van der Waals surface area contributed by atoms with Crippen molar-refractivity contribution in [3.63, 3.8) is 0 Å². The van der Waals surface area contributed by atoms with Crippen molar-refractivity contribution in [2.24, 2.45) is 0 Å². The Hall–Kier alpha value is -1.29. The van der Waals surface area contributed by atoms with Crippen molar-refractivity contribution in [2.75, 3.05) is 12.9 Å².